The molecule has 0 saturated carbocycles. The SMILES string of the molecule is CC(C)(C)OC(=O)NC(CCCN=[N+]=[N-])c1ccccc1. The fraction of sp³-hybridized carbons (Fsp3) is 0.533. The zero-order valence-electron chi connectivity index (χ0n) is 12.7. The van der Waals surface area contributed by atoms with Crippen molar-refractivity contribution in [2.24, 2.45) is 5.11 Å². The minimum absolute atomic E-state index is 0.157. The summed E-state index contributed by atoms with van der Waals surface area (Å²) in [4.78, 5) is 14.6. The van der Waals surface area contributed by atoms with Crippen molar-refractivity contribution >= 4 is 6.09 Å². The number of carbonyl (C=O) groups excluding carboxylic acids is 1. The van der Waals surface area contributed by atoms with E-state index in [0.29, 0.717) is 19.4 Å². The molecule has 0 saturated heterocycles. The molecular weight excluding hydrogens is 268 g/mol. The van der Waals surface area contributed by atoms with E-state index >= 15 is 0 Å². The van der Waals surface area contributed by atoms with E-state index in [2.05, 4.69) is 15.3 Å². The minimum Gasteiger partial charge on any atom is -0.444 e. The van der Waals surface area contributed by atoms with Crippen LogP contribution in [0, 0.1) is 0 Å². The number of rotatable bonds is 6. The van der Waals surface area contributed by atoms with Crippen molar-refractivity contribution in [3.8, 4) is 0 Å². The number of ether oxygens (including phenoxy) is 1. The molecule has 6 heteroatoms. The number of carbonyl (C=O) groups is 1. The molecule has 0 aliphatic rings. The first kappa shape index (κ1) is 16.9. The van der Waals surface area contributed by atoms with Crippen molar-refractivity contribution in [3.05, 3.63) is 46.3 Å². The summed E-state index contributed by atoms with van der Waals surface area (Å²) in [7, 11) is 0. The van der Waals surface area contributed by atoms with Crippen molar-refractivity contribution in [1.82, 2.24) is 5.32 Å². The first-order valence-corrected chi connectivity index (χ1v) is 6.97. The highest BCUT2D eigenvalue weighted by Gasteiger charge is 2.20. The monoisotopic (exact) mass is 290 g/mol. The number of hydrogen-bond donors (Lipinski definition) is 1. The molecule has 114 valence electrons. The number of nitrogens with one attached hydrogen (secondary N) is 1. The van der Waals surface area contributed by atoms with Gasteiger partial charge in [-0.2, -0.15) is 0 Å². The smallest absolute Gasteiger partial charge is 0.408 e. The van der Waals surface area contributed by atoms with Crippen LogP contribution in [-0.2, 0) is 4.74 Å². The zero-order valence-corrected chi connectivity index (χ0v) is 12.7. The average molecular weight is 290 g/mol. The lowest BCUT2D eigenvalue weighted by Crippen LogP contribution is -2.35. The van der Waals surface area contributed by atoms with Crippen LogP contribution in [0.15, 0.2) is 35.4 Å². The standard InChI is InChI=1S/C15H22N4O2/c1-15(2,3)21-14(20)18-13(10-7-11-17-19-16)12-8-5-4-6-9-12/h4-6,8-9,13H,7,10-11H2,1-3H3,(H,18,20). The number of alkyl carbamates (subject to hydrolysis) is 1. The van der Waals surface area contributed by atoms with E-state index in [-0.39, 0.29) is 6.04 Å². The number of hydrogen-bond acceptors (Lipinski definition) is 3. The fourth-order valence-corrected chi connectivity index (χ4v) is 1.87. The van der Waals surface area contributed by atoms with Crippen LogP contribution in [0.2, 0.25) is 0 Å². The second-order valence-corrected chi connectivity index (χ2v) is 5.71. The maximum absolute atomic E-state index is 11.9. The summed E-state index contributed by atoms with van der Waals surface area (Å²) in [5.41, 5.74) is 8.76. The maximum Gasteiger partial charge on any atom is 0.408 e. The summed E-state index contributed by atoms with van der Waals surface area (Å²) in [6.07, 6.45) is 0.932. The third kappa shape index (κ3) is 7.22. The van der Waals surface area contributed by atoms with Crippen LogP contribution >= 0.6 is 0 Å². The van der Waals surface area contributed by atoms with Gasteiger partial charge in [0.2, 0.25) is 0 Å². The molecule has 1 N–H and O–H groups in total. The van der Waals surface area contributed by atoms with E-state index in [0.717, 1.165) is 5.56 Å². The predicted octanol–water partition coefficient (Wildman–Crippen LogP) is 4.34. The van der Waals surface area contributed by atoms with E-state index in [1.807, 2.05) is 51.1 Å². The molecule has 1 atom stereocenters. The van der Waals surface area contributed by atoms with Gasteiger partial charge in [-0.1, -0.05) is 35.4 Å². The van der Waals surface area contributed by atoms with Gasteiger partial charge in [-0.3, -0.25) is 0 Å². The first-order chi connectivity index (χ1) is 9.92. The quantitative estimate of drug-likeness (QED) is 0.365. The molecule has 1 rings (SSSR count). The number of amides is 1. The summed E-state index contributed by atoms with van der Waals surface area (Å²) < 4.78 is 5.29. The summed E-state index contributed by atoms with van der Waals surface area (Å²) in [6, 6.07) is 9.52. The molecule has 1 unspecified atom stereocenters. The molecule has 0 fully saturated rings. The van der Waals surface area contributed by atoms with E-state index in [1.165, 1.54) is 0 Å². The Balaban J connectivity index is 2.68. The maximum atomic E-state index is 11.9. The van der Waals surface area contributed by atoms with Crippen molar-refractivity contribution < 1.29 is 9.53 Å². The van der Waals surface area contributed by atoms with E-state index in [1.54, 1.807) is 0 Å². The van der Waals surface area contributed by atoms with Gasteiger partial charge in [-0.25, -0.2) is 4.79 Å². The van der Waals surface area contributed by atoms with Crippen LogP contribution in [-0.4, -0.2) is 18.2 Å². The Labute approximate surface area is 125 Å². The number of benzene rings is 1. The Morgan fingerprint density at radius 3 is 2.62 bits per heavy atom. The number of nitrogens with zero attached hydrogens (tertiary/aromatic N) is 3. The van der Waals surface area contributed by atoms with Gasteiger partial charge in [0.15, 0.2) is 0 Å². The van der Waals surface area contributed by atoms with Gasteiger partial charge in [-0.05, 0) is 44.7 Å². The van der Waals surface area contributed by atoms with E-state index in [9.17, 15) is 4.79 Å². The van der Waals surface area contributed by atoms with Crippen molar-refractivity contribution in [1.29, 1.82) is 0 Å². The molecule has 1 aromatic rings. The Morgan fingerprint density at radius 2 is 2.05 bits per heavy atom. The Hall–Kier alpha value is -2.20. The third-order valence-electron chi connectivity index (χ3n) is 2.71. The highest BCUT2D eigenvalue weighted by atomic mass is 16.6. The van der Waals surface area contributed by atoms with Gasteiger partial charge < -0.3 is 10.1 Å². The Bertz CT molecular complexity index is 490. The highest BCUT2D eigenvalue weighted by molar-refractivity contribution is 5.68. The van der Waals surface area contributed by atoms with E-state index in [4.69, 9.17) is 10.3 Å². The summed E-state index contributed by atoms with van der Waals surface area (Å²) in [6.45, 7) is 5.89. The molecule has 0 aliphatic heterocycles. The second-order valence-electron chi connectivity index (χ2n) is 5.71. The van der Waals surface area contributed by atoms with Crippen molar-refractivity contribution in [3.63, 3.8) is 0 Å². The fourth-order valence-electron chi connectivity index (χ4n) is 1.87. The lowest BCUT2D eigenvalue weighted by Gasteiger charge is -2.24. The third-order valence-corrected chi connectivity index (χ3v) is 2.71. The summed E-state index contributed by atoms with van der Waals surface area (Å²) in [5.74, 6) is 0. The number of azide groups is 1. The molecule has 1 amide bonds. The van der Waals surface area contributed by atoms with Crippen LogP contribution in [0.3, 0.4) is 0 Å². The predicted molar refractivity (Wildman–Crippen MR) is 81.8 cm³/mol. The minimum atomic E-state index is -0.531. The van der Waals surface area contributed by atoms with Gasteiger partial charge >= 0.3 is 6.09 Å². The Kier molecular flexibility index (Phi) is 6.56. The molecule has 0 aliphatic carbocycles. The highest BCUT2D eigenvalue weighted by Crippen LogP contribution is 2.19. The summed E-state index contributed by atoms with van der Waals surface area (Å²) in [5, 5.41) is 6.38. The second kappa shape index (κ2) is 8.17. The van der Waals surface area contributed by atoms with Crippen molar-refractivity contribution in [2.75, 3.05) is 6.54 Å². The molecular formula is C15H22N4O2. The zero-order chi connectivity index (χ0) is 15.7. The van der Waals surface area contributed by atoms with E-state index < -0.39 is 11.7 Å². The lowest BCUT2D eigenvalue weighted by molar-refractivity contribution is 0.0500. The van der Waals surface area contributed by atoms with Crippen LogP contribution in [0.5, 0.6) is 0 Å². The molecule has 0 heterocycles. The van der Waals surface area contributed by atoms with Gasteiger partial charge in [0.05, 0.1) is 6.04 Å². The van der Waals surface area contributed by atoms with Gasteiger partial charge in [-0.15, -0.1) is 0 Å². The van der Waals surface area contributed by atoms with Gasteiger partial charge in [0.1, 0.15) is 5.60 Å². The topological polar surface area (TPSA) is 87.1 Å². The molecule has 0 aromatic heterocycles. The lowest BCUT2D eigenvalue weighted by atomic mass is 10.0. The largest absolute Gasteiger partial charge is 0.444 e. The summed E-state index contributed by atoms with van der Waals surface area (Å²) >= 11 is 0. The Morgan fingerprint density at radius 1 is 1.38 bits per heavy atom. The molecule has 1 aromatic carbocycles. The van der Waals surface area contributed by atoms with Gasteiger partial charge in [0, 0.05) is 11.5 Å². The first-order valence-electron chi connectivity index (χ1n) is 6.97. The average Bonchev–Trinajstić information content (AvgIpc) is 2.41. The van der Waals surface area contributed by atoms with Crippen LogP contribution in [0.1, 0.15) is 45.2 Å². The normalized spacial score (nSPS) is 12.1. The molecule has 21 heavy (non-hydrogen) atoms. The molecule has 6 nitrogen and oxygen atoms in total. The van der Waals surface area contributed by atoms with Crippen LogP contribution in [0.4, 0.5) is 4.79 Å². The molecule has 0 spiro atoms. The molecule has 0 bridgehead atoms. The van der Waals surface area contributed by atoms with Crippen molar-refractivity contribution in [2.45, 2.75) is 45.3 Å². The van der Waals surface area contributed by atoms with Crippen LogP contribution < -0.4 is 5.32 Å². The van der Waals surface area contributed by atoms with Gasteiger partial charge in [0.25, 0.3) is 0 Å². The van der Waals surface area contributed by atoms with Crippen LogP contribution in [0.25, 0.3) is 10.4 Å². The molecule has 0 radical (unpaired) electrons.